The van der Waals surface area contributed by atoms with E-state index in [1.165, 1.54) is 14.2 Å². The molecule has 6 rings (SSSR count). The Kier molecular flexibility index (Phi) is 19.4. The minimum absolute atomic E-state index is 0.00718. The van der Waals surface area contributed by atoms with Crippen LogP contribution in [-0.2, 0) is 35.1 Å². The number of carbonyl (C=O) groups excluding carboxylic acids is 6. The van der Waals surface area contributed by atoms with E-state index in [-0.39, 0.29) is 50.3 Å². The van der Waals surface area contributed by atoms with E-state index in [4.69, 9.17) is 47.4 Å². The Hall–Kier alpha value is -7.32. The molecule has 4 unspecified atom stereocenters. The van der Waals surface area contributed by atoms with E-state index in [9.17, 15) is 28.8 Å². The van der Waals surface area contributed by atoms with Crippen molar-refractivity contribution < 1.29 is 76.1 Å². The molecule has 0 saturated carbocycles. The summed E-state index contributed by atoms with van der Waals surface area (Å²) >= 11 is 0. The Balaban J connectivity index is 1.11. The summed E-state index contributed by atoms with van der Waals surface area (Å²) in [5.74, 6) is -1.29. The number of amides is 5. The van der Waals surface area contributed by atoms with Crippen LogP contribution >= 0.6 is 0 Å². The van der Waals surface area contributed by atoms with Crippen LogP contribution < -0.4 is 39.6 Å². The van der Waals surface area contributed by atoms with Gasteiger partial charge in [-0.2, -0.15) is 0 Å². The maximum absolute atomic E-state index is 13.9. The number of hydrogen-bond donors (Lipinski definition) is 3. The maximum Gasteiger partial charge on any atom is 0.514 e. The van der Waals surface area contributed by atoms with Gasteiger partial charge in [-0.15, -0.1) is 0 Å². The van der Waals surface area contributed by atoms with Gasteiger partial charge in [0.05, 0.1) is 32.8 Å². The Morgan fingerprint density at radius 3 is 1.72 bits per heavy atom. The van der Waals surface area contributed by atoms with Crippen molar-refractivity contribution in [2.75, 3.05) is 66.9 Å². The quantitative estimate of drug-likeness (QED) is 0.0414. The first-order valence-electron chi connectivity index (χ1n) is 25.6. The van der Waals surface area contributed by atoms with Gasteiger partial charge in [-0.3, -0.25) is 4.79 Å². The first-order chi connectivity index (χ1) is 35.9. The summed E-state index contributed by atoms with van der Waals surface area (Å²) in [6.07, 6.45) is -0.639. The minimum Gasteiger partial charge on any atom is -0.493 e. The molecule has 1 fully saturated rings. The van der Waals surface area contributed by atoms with Crippen LogP contribution in [0.1, 0.15) is 122 Å². The van der Waals surface area contributed by atoms with Gasteiger partial charge in [-0.25, -0.2) is 24.0 Å². The highest BCUT2D eigenvalue weighted by molar-refractivity contribution is 5.81. The fraction of sp³-hybridized carbons (Fsp3) is 0.564. The second kappa shape index (κ2) is 25.5. The molecule has 2 heterocycles. The Morgan fingerprint density at radius 2 is 1.18 bits per heavy atom. The minimum atomic E-state index is -0.979. The number of benzene rings is 3. The van der Waals surface area contributed by atoms with Gasteiger partial charge in [-0.05, 0) is 135 Å². The van der Waals surface area contributed by atoms with E-state index in [1.807, 2.05) is 30.3 Å². The molecule has 0 bridgehead atoms. The summed E-state index contributed by atoms with van der Waals surface area (Å²) in [6.45, 7) is 17.7. The maximum atomic E-state index is 13.9. The van der Waals surface area contributed by atoms with E-state index < -0.39 is 77.0 Å². The number of esters is 1. The predicted octanol–water partition coefficient (Wildman–Crippen LogP) is 8.98. The molecule has 76 heavy (non-hydrogen) atoms. The summed E-state index contributed by atoms with van der Waals surface area (Å²) in [5, 5.41) is 8.75. The summed E-state index contributed by atoms with van der Waals surface area (Å²) in [6, 6.07) is 14.8. The molecule has 1 aliphatic carbocycles. The van der Waals surface area contributed by atoms with Crippen molar-refractivity contribution in [3.05, 3.63) is 76.9 Å². The van der Waals surface area contributed by atoms with Gasteiger partial charge in [-0.1, -0.05) is 30.3 Å². The number of methoxy groups -OCH3 is 2. The third-order valence-electron chi connectivity index (χ3n) is 12.3. The molecule has 416 valence electrons. The third kappa shape index (κ3) is 16.3. The van der Waals surface area contributed by atoms with Gasteiger partial charge in [0.1, 0.15) is 23.4 Å². The molecular formula is C55H75N5O16. The number of nitrogens with zero attached hydrogens (tertiary/aromatic N) is 2. The number of rotatable bonds is 20. The van der Waals surface area contributed by atoms with Gasteiger partial charge < -0.3 is 73.1 Å². The highest BCUT2D eigenvalue weighted by atomic mass is 16.7. The highest BCUT2D eigenvalue weighted by Crippen LogP contribution is 2.55. The zero-order valence-electron chi connectivity index (χ0n) is 45.6. The van der Waals surface area contributed by atoms with E-state index in [2.05, 4.69) is 16.0 Å². The monoisotopic (exact) mass is 1060 g/mol. The van der Waals surface area contributed by atoms with Gasteiger partial charge in [0.25, 0.3) is 0 Å². The first-order valence-corrected chi connectivity index (χ1v) is 25.6. The molecule has 2 aliphatic heterocycles. The molecule has 0 spiro atoms. The van der Waals surface area contributed by atoms with E-state index in [0.717, 1.165) is 5.56 Å². The van der Waals surface area contributed by atoms with Crippen LogP contribution in [-0.4, -0.2) is 130 Å². The summed E-state index contributed by atoms with van der Waals surface area (Å²) in [7, 11) is 2.83. The van der Waals surface area contributed by atoms with E-state index >= 15 is 0 Å². The highest BCUT2D eigenvalue weighted by Gasteiger charge is 2.53. The molecule has 3 aliphatic rings. The van der Waals surface area contributed by atoms with Crippen LogP contribution in [0.4, 0.5) is 24.0 Å². The van der Waals surface area contributed by atoms with Crippen molar-refractivity contribution in [3.63, 3.8) is 0 Å². The lowest BCUT2D eigenvalue weighted by atomic mass is 9.65. The lowest BCUT2D eigenvalue weighted by molar-refractivity contribution is -0.141. The second-order valence-corrected chi connectivity index (χ2v) is 21.7. The van der Waals surface area contributed by atoms with Crippen molar-refractivity contribution in [1.29, 1.82) is 0 Å². The molecule has 0 aromatic heterocycles. The fourth-order valence-electron chi connectivity index (χ4n) is 9.04. The fourth-order valence-corrected chi connectivity index (χ4v) is 9.04. The molecule has 5 amide bonds. The molecule has 3 aromatic carbocycles. The van der Waals surface area contributed by atoms with E-state index in [1.54, 1.807) is 96.4 Å². The van der Waals surface area contributed by atoms with Gasteiger partial charge in [0, 0.05) is 51.1 Å². The molecule has 21 nitrogen and oxygen atoms in total. The smallest absolute Gasteiger partial charge is 0.493 e. The second-order valence-electron chi connectivity index (χ2n) is 21.7. The topological polar surface area (TPSA) is 237 Å². The zero-order valence-corrected chi connectivity index (χ0v) is 45.6. The molecule has 21 heteroatoms. The molecule has 1 saturated heterocycles. The van der Waals surface area contributed by atoms with Crippen LogP contribution in [0.25, 0.3) is 0 Å². The lowest BCUT2D eigenvalue weighted by Crippen LogP contribution is -2.46. The Morgan fingerprint density at radius 1 is 0.658 bits per heavy atom. The number of unbranched alkanes of at least 4 members (excludes halogenated alkanes) is 1. The van der Waals surface area contributed by atoms with Gasteiger partial charge in [0.2, 0.25) is 12.5 Å². The van der Waals surface area contributed by atoms with Crippen LogP contribution in [0.2, 0.25) is 0 Å². The van der Waals surface area contributed by atoms with Crippen molar-refractivity contribution in [2.45, 2.75) is 123 Å². The number of alkyl carbamates (subject to hydrolysis) is 1. The summed E-state index contributed by atoms with van der Waals surface area (Å²) in [5.41, 5.74) is 0.552. The van der Waals surface area contributed by atoms with Crippen molar-refractivity contribution in [3.8, 4) is 28.7 Å². The van der Waals surface area contributed by atoms with Gasteiger partial charge >= 0.3 is 36.4 Å². The first kappa shape index (κ1) is 57.9. The molecule has 0 radical (unpaired) electrons. The number of nitrogens with one attached hydrogen (secondary N) is 3. The SMILES string of the molecule is COc1cc(C2c3cc4c(cc3C(NC(=O)NCCCN(CCCCN(CCCNC(=O)OC(C)(C)C)C(=O)OC(C)(C)C)C(=O)OC(C)(C)C)C3COC(=O)C23)OCO4)cc(OC)c1OC(=O)OCc1ccccc1. The van der Waals surface area contributed by atoms with Crippen LogP contribution in [0.15, 0.2) is 54.6 Å². The zero-order chi connectivity index (χ0) is 55.4. The molecule has 3 N–H and O–H groups in total. The van der Waals surface area contributed by atoms with Crippen molar-refractivity contribution in [2.24, 2.45) is 11.8 Å². The standard InChI is InChI=1S/C55H75N5O16/c1-53(2,3)74-49(63)57-22-18-26-60(51(65)76-55(7,8)9)24-16-15-23-59(50(64)75-54(4,5)6)25-17-21-56-48(62)58-45-37-30-40-39(71-33-72-40)29-36(37)43(44-38(45)32-69-47(44)61)35-27-41(67-10)46(42(28-35)68-11)73-52(66)70-31-34-19-13-12-14-20-34/h12-14,19-20,27-30,38,43-45H,15-18,21-26,31-33H2,1-11H3,(H,57,63)(H2,56,58,62). The average molecular weight is 1060 g/mol. The summed E-state index contributed by atoms with van der Waals surface area (Å²) < 4.78 is 56.6. The van der Waals surface area contributed by atoms with E-state index in [0.29, 0.717) is 80.1 Å². The van der Waals surface area contributed by atoms with Crippen LogP contribution in [0.5, 0.6) is 28.7 Å². The number of hydrogen-bond acceptors (Lipinski definition) is 16. The van der Waals surface area contributed by atoms with Crippen molar-refractivity contribution in [1.82, 2.24) is 25.8 Å². The van der Waals surface area contributed by atoms with Crippen LogP contribution in [0, 0.1) is 11.8 Å². The Bertz CT molecular complexity index is 2490. The number of carbonyl (C=O) groups is 6. The lowest BCUT2D eigenvalue weighted by Gasteiger charge is -2.39. The third-order valence-corrected chi connectivity index (χ3v) is 12.3. The number of fused-ring (bicyclic) bond motifs is 3. The number of ether oxygens (including phenoxy) is 10. The largest absolute Gasteiger partial charge is 0.514 e. The molecule has 3 aromatic rings. The van der Waals surface area contributed by atoms with Crippen LogP contribution in [0.3, 0.4) is 0 Å². The predicted molar refractivity (Wildman–Crippen MR) is 277 cm³/mol. The Labute approximate surface area is 444 Å². The molecule has 4 atom stereocenters. The number of cyclic esters (lactones) is 1. The number of urea groups is 1. The average Bonchev–Trinajstić information content (AvgIpc) is 3.97. The normalized spacial score (nSPS) is 17.4. The van der Waals surface area contributed by atoms with Crippen molar-refractivity contribution >= 4 is 36.4 Å². The summed E-state index contributed by atoms with van der Waals surface area (Å²) in [4.78, 5) is 82.8. The van der Waals surface area contributed by atoms with Gasteiger partial charge in [0.15, 0.2) is 23.0 Å². The molecular weight excluding hydrogens is 987 g/mol.